The van der Waals surface area contributed by atoms with E-state index in [0.29, 0.717) is 5.92 Å². The molecule has 1 aromatic carbocycles. The van der Waals surface area contributed by atoms with Crippen LogP contribution in [-0.4, -0.2) is 10.4 Å². The van der Waals surface area contributed by atoms with Crippen LogP contribution in [0, 0.1) is 5.92 Å². The van der Waals surface area contributed by atoms with Crippen molar-refractivity contribution in [1.29, 1.82) is 0 Å². The van der Waals surface area contributed by atoms with Gasteiger partial charge in [0.25, 0.3) is 0 Å². The molecule has 1 aromatic heterocycles. The Bertz CT molecular complexity index is 479. The molecular formula is C14H16ClN. The fourth-order valence-corrected chi connectivity index (χ4v) is 1.82. The van der Waals surface area contributed by atoms with E-state index in [4.69, 9.17) is 11.6 Å². The molecule has 0 saturated heterocycles. The van der Waals surface area contributed by atoms with Crippen LogP contribution < -0.4 is 0 Å². The molecule has 0 amide bonds. The van der Waals surface area contributed by atoms with Gasteiger partial charge in [-0.25, -0.2) is 0 Å². The van der Waals surface area contributed by atoms with Gasteiger partial charge in [0.15, 0.2) is 0 Å². The van der Waals surface area contributed by atoms with Gasteiger partial charge in [-0.15, -0.1) is 11.6 Å². The number of fused-ring (bicyclic) bond motifs is 1. The van der Waals surface area contributed by atoms with E-state index in [1.165, 1.54) is 5.39 Å². The van der Waals surface area contributed by atoms with Gasteiger partial charge in [-0.2, -0.15) is 0 Å². The molecule has 0 saturated carbocycles. The average Bonchev–Trinajstić information content (AvgIpc) is 2.28. The Morgan fingerprint density at radius 2 is 1.88 bits per heavy atom. The Kier molecular flexibility index (Phi) is 3.45. The lowest BCUT2D eigenvalue weighted by Gasteiger charge is -2.12. The number of para-hydroxylation sites is 1. The summed E-state index contributed by atoms with van der Waals surface area (Å²) in [6, 6.07) is 12.3. The summed E-state index contributed by atoms with van der Waals surface area (Å²) in [7, 11) is 0. The summed E-state index contributed by atoms with van der Waals surface area (Å²) in [5.74, 6) is 0.481. The van der Waals surface area contributed by atoms with Crippen LogP contribution in [0.1, 0.15) is 19.5 Å². The van der Waals surface area contributed by atoms with Gasteiger partial charge in [0.05, 0.1) is 5.52 Å². The quantitative estimate of drug-likeness (QED) is 0.730. The Morgan fingerprint density at radius 3 is 2.62 bits per heavy atom. The van der Waals surface area contributed by atoms with E-state index >= 15 is 0 Å². The second-order valence-corrected chi connectivity index (χ2v) is 5.02. The third-order valence-corrected chi connectivity index (χ3v) is 3.44. The zero-order chi connectivity index (χ0) is 11.5. The third kappa shape index (κ3) is 2.53. The first-order valence-electron chi connectivity index (χ1n) is 5.65. The summed E-state index contributed by atoms with van der Waals surface area (Å²) in [4.78, 5) is 4.61. The maximum absolute atomic E-state index is 6.26. The summed E-state index contributed by atoms with van der Waals surface area (Å²) >= 11 is 6.26. The number of nitrogens with zero attached hydrogens (tertiary/aromatic N) is 1. The molecule has 0 radical (unpaired) electrons. The fraction of sp³-hybridized carbons (Fsp3) is 0.357. The minimum absolute atomic E-state index is 0.161. The van der Waals surface area contributed by atoms with E-state index in [-0.39, 0.29) is 5.38 Å². The van der Waals surface area contributed by atoms with Crippen molar-refractivity contribution in [3.05, 3.63) is 42.1 Å². The number of alkyl halides is 1. The van der Waals surface area contributed by atoms with E-state index < -0.39 is 0 Å². The monoisotopic (exact) mass is 233 g/mol. The molecule has 1 heterocycles. The van der Waals surface area contributed by atoms with Crippen LogP contribution in [0.5, 0.6) is 0 Å². The molecule has 1 unspecified atom stereocenters. The number of rotatable bonds is 3. The molecule has 0 N–H and O–H groups in total. The normalized spacial score (nSPS) is 13.2. The van der Waals surface area contributed by atoms with Gasteiger partial charge in [-0.3, -0.25) is 4.98 Å². The van der Waals surface area contributed by atoms with Crippen molar-refractivity contribution in [2.75, 3.05) is 0 Å². The Morgan fingerprint density at radius 1 is 1.12 bits per heavy atom. The summed E-state index contributed by atoms with van der Waals surface area (Å²) in [6.45, 7) is 4.28. The first-order valence-corrected chi connectivity index (χ1v) is 6.09. The smallest absolute Gasteiger partial charge is 0.0705 e. The second-order valence-electron chi connectivity index (χ2n) is 4.46. The predicted octanol–water partition coefficient (Wildman–Crippen LogP) is 4.04. The standard InChI is InChI=1S/C14H16ClN/c1-10(2)13(15)9-12-8-7-11-5-3-4-6-14(11)16-12/h3-8,10,13H,9H2,1-2H3. The molecule has 2 rings (SSSR count). The summed E-state index contributed by atoms with van der Waals surface area (Å²) in [5, 5.41) is 1.34. The van der Waals surface area contributed by atoms with E-state index in [9.17, 15) is 0 Å². The topological polar surface area (TPSA) is 12.9 Å². The van der Waals surface area contributed by atoms with Gasteiger partial charge in [-0.05, 0) is 18.1 Å². The van der Waals surface area contributed by atoms with Crippen molar-refractivity contribution in [2.24, 2.45) is 5.92 Å². The molecule has 84 valence electrons. The van der Waals surface area contributed by atoms with Gasteiger partial charge in [0.1, 0.15) is 0 Å². The highest BCUT2D eigenvalue weighted by atomic mass is 35.5. The lowest BCUT2D eigenvalue weighted by Crippen LogP contribution is -2.12. The third-order valence-electron chi connectivity index (χ3n) is 2.78. The number of pyridine rings is 1. The zero-order valence-corrected chi connectivity index (χ0v) is 10.4. The van der Waals surface area contributed by atoms with Gasteiger partial charge >= 0.3 is 0 Å². The summed E-state index contributed by atoms with van der Waals surface area (Å²) in [5.41, 5.74) is 2.13. The van der Waals surface area contributed by atoms with Crippen molar-refractivity contribution in [2.45, 2.75) is 25.6 Å². The summed E-state index contributed by atoms with van der Waals surface area (Å²) < 4.78 is 0. The molecule has 0 spiro atoms. The number of benzene rings is 1. The number of halogens is 1. The first-order chi connectivity index (χ1) is 7.66. The van der Waals surface area contributed by atoms with E-state index in [1.54, 1.807) is 0 Å². The van der Waals surface area contributed by atoms with Gasteiger partial charge in [-0.1, -0.05) is 38.1 Å². The van der Waals surface area contributed by atoms with Gasteiger partial charge in [0, 0.05) is 22.9 Å². The second kappa shape index (κ2) is 4.84. The van der Waals surface area contributed by atoms with Crippen molar-refractivity contribution < 1.29 is 0 Å². The van der Waals surface area contributed by atoms with E-state index in [2.05, 4.69) is 37.0 Å². The molecule has 0 fully saturated rings. The zero-order valence-electron chi connectivity index (χ0n) is 9.65. The van der Waals surface area contributed by atoms with Crippen LogP contribution in [0.15, 0.2) is 36.4 Å². The number of aromatic nitrogens is 1. The van der Waals surface area contributed by atoms with Crippen molar-refractivity contribution in [3.63, 3.8) is 0 Å². The number of hydrogen-bond donors (Lipinski definition) is 0. The molecule has 16 heavy (non-hydrogen) atoms. The largest absolute Gasteiger partial charge is 0.253 e. The first kappa shape index (κ1) is 11.4. The van der Waals surface area contributed by atoms with Crippen LogP contribution in [0.4, 0.5) is 0 Å². The number of hydrogen-bond acceptors (Lipinski definition) is 1. The maximum atomic E-state index is 6.26. The Balaban J connectivity index is 2.26. The van der Waals surface area contributed by atoms with Crippen LogP contribution in [0.25, 0.3) is 10.9 Å². The van der Waals surface area contributed by atoms with Crippen molar-refractivity contribution >= 4 is 22.5 Å². The summed E-state index contributed by atoms with van der Waals surface area (Å²) in [6.07, 6.45) is 0.837. The molecule has 0 aliphatic carbocycles. The molecule has 1 atom stereocenters. The minimum Gasteiger partial charge on any atom is -0.253 e. The average molecular weight is 234 g/mol. The minimum atomic E-state index is 0.161. The molecule has 0 bridgehead atoms. The highest BCUT2D eigenvalue weighted by Crippen LogP contribution is 2.17. The van der Waals surface area contributed by atoms with Gasteiger partial charge < -0.3 is 0 Å². The van der Waals surface area contributed by atoms with Crippen LogP contribution in [0.3, 0.4) is 0 Å². The molecule has 0 aliphatic heterocycles. The SMILES string of the molecule is CC(C)C(Cl)Cc1ccc2ccccc2n1. The molecule has 1 nitrogen and oxygen atoms in total. The predicted molar refractivity (Wildman–Crippen MR) is 69.9 cm³/mol. The van der Waals surface area contributed by atoms with Crippen molar-refractivity contribution in [3.8, 4) is 0 Å². The molecular weight excluding hydrogens is 218 g/mol. The molecule has 0 aliphatic rings. The highest BCUT2D eigenvalue weighted by molar-refractivity contribution is 6.20. The van der Waals surface area contributed by atoms with Gasteiger partial charge in [0.2, 0.25) is 0 Å². The lowest BCUT2D eigenvalue weighted by atomic mass is 10.0. The van der Waals surface area contributed by atoms with Crippen LogP contribution in [-0.2, 0) is 6.42 Å². The van der Waals surface area contributed by atoms with Crippen LogP contribution in [0.2, 0.25) is 0 Å². The Labute approximate surface area is 101 Å². The van der Waals surface area contributed by atoms with E-state index in [1.807, 2.05) is 18.2 Å². The highest BCUT2D eigenvalue weighted by Gasteiger charge is 2.11. The van der Waals surface area contributed by atoms with Crippen LogP contribution >= 0.6 is 11.6 Å². The van der Waals surface area contributed by atoms with Crippen molar-refractivity contribution in [1.82, 2.24) is 4.98 Å². The van der Waals surface area contributed by atoms with E-state index in [0.717, 1.165) is 17.6 Å². The molecule has 2 aromatic rings. The Hall–Kier alpha value is -1.08. The molecule has 2 heteroatoms. The maximum Gasteiger partial charge on any atom is 0.0705 e. The fourth-order valence-electron chi connectivity index (χ4n) is 1.66. The lowest BCUT2D eigenvalue weighted by molar-refractivity contribution is 0.591.